The zero-order chi connectivity index (χ0) is 11.5. The summed E-state index contributed by atoms with van der Waals surface area (Å²) in [5, 5.41) is 3.29. The summed E-state index contributed by atoms with van der Waals surface area (Å²) in [4.78, 5) is 14.0. The molecule has 3 nitrogen and oxygen atoms in total. The molecular formula is C12H24N2O. The highest BCUT2D eigenvalue weighted by Crippen LogP contribution is 2.19. The van der Waals surface area contributed by atoms with Crippen molar-refractivity contribution in [1.29, 1.82) is 0 Å². The Hall–Kier alpha value is -0.570. The van der Waals surface area contributed by atoms with E-state index in [-0.39, 0.29) is 11.3 Å². The molecule has 3 heteroatoms. The molecule has 1 fully saturated rings. The van der Waals surface area contributed by atoms with E-state index in [1.165, 1.54) is 0 Å². The van der Waals surface area contributed by atoms with Crippen LogP contribution in [0.1, 0.15) is 33.6 Å². The lowest BCUT2D eigenvalue weighted by atomic mass is 9.93. The molecule has 1 N–H and O–H groups in total. The molecule has 0 saturated carbocycles. The summed E-state index contributed by atoms with van der Waals surface area (Å²) in [6, 6.07) is 0. The van der Waals surface area contributed by atoms with Crippen molar-refractivity contribution in [2.24, 2.45) is 11.3 Å². The van der Waals surface area contributed by atoms with Crippen molar-refractivity contribution in [2.75, 3.05) is 26.7 Å². The van der Waals surface area contributed by atoms with Crippen LogP contribution in [0.2, 0.25) is 0 Å². The normalized spacial score (nSPS) is 18.9. The molecule has 1 saturated heterocycles. The summed E-state index contributed by atoms with van der Waals surface area (Å²) in [5.74, 6) is 0.574. The van der Waals surface area contributed by atoms with E-state index in [1.54, 1.807) is 0 Å². The third-order valence-electron chi connectivity index (χ3n) is 2.78. The number of hydrogen-bond donors (Lipinski definition) is 1. The average molecular weight is 212 g/mol. The quantitative estimate of drug-likeness (QED) is 0.752. The molecule has 1 heterocycles. The Labute approximate surface area is 93.2 Å². The Morgan fingerprint density at radius 2 is 1.87 bits per heavy atom. The van der Waals surface area contributed by atoms with Crippen LogP contribution in [0.4, 0.5) is 0 Å². The monoisotopic (exact) mass is 212 g/mol. The lowest BCUT2D eigenvalue weighted by molar-refractivity contribution is -0.136. The van der Waals surface area contributed by atoms with Gasteiger partial charge in [0.25, 0.3) is 0 Å². The van der Waals surface area contributed by atoms with Crippen LogP contribution >= 0.6 is 0 Å². The molecule has 1 aliphatic heterocycles. The van der Waals surface area contributed by atoms with Gasteiger partial charge in [0.2, 0.25) is 5.91 Å². The average Bonchev–Trinajstić information content (AvgIpc) is 2.15. The Morgan fingerprint density at radius 1 is 1.33 bits per heavy atom. The second kappa shape index (κ2) is 4.97. The van der Waals surface area contributed by atoms with Crippen LogP contribution in [0.3, 0.4) is 0 Å². The van der Waals surface area contributed by atoms with E-state index >= 15 is 0 Å². The zero-order valence-corrected chi connectivity index (χ0v) is 10.5. The van der Waals surface area contributed by atoms with Crippen molar-refractivity contribution in [1.82, 2.24) is 10.2 Å². The molecule has 0 atom stereocenters. The van der Waals surface area contributed by atoms with E-state index in [1.807, 2.05) is 11.9 Å². The van der Waals surface area contributed by atoms with Crippen LogP contribution in [0.25, 0.3) is 0 Å². The lowest BCUT2D eigenvalue weighted by Gasteiger charge is -2.31. The number of piperidine rings is 1. The molecule has 0 aromatic rings. The first-order chi connectivity index (χ1) is 6.90. The topological polar surface area (TPSA) is 32.3 Å². The maximum atomic E-state index is 12.1. The van der Waals surface area contributed by atoms with Gasteiger partial charge < -0.3 is 10.2 Å². The summed E-state index contributed by atoms with van der Waals surface area (Å²) in [6.45, 7) is 9.31. The SMILES string of the molecule is CN(CC(C)(C)C)C(=O)C1CCNCC1. The van der Waals surface area contributed by atoms with Gasteiger partial charge >= 0.3 is 0 Å². The highest BCUT2D eigenvalue weighted by molar-refractivity contribution is 5.78. The number of carbonyl (C=O) groups is 1. The molecule has 0 bridgehead atoms. The van der Waals surface area contributed by atoms with Crippen molar-refractivity contribution in [3.05, 3.63) is 0 Å². The van der Waals surface area contributed by atoms with E-state index in [9.17, 15) is 4.79 Å². The van der Waals surface area contributed by atoms with Gasteiger partial charge in [-0.25, -0.2) is 0 Å². The summed E-state index contributed by atoms with van der Waals surface area (Å²) in [5.41, 5.74) is 0.192. The number of amides is 1. The maximum Gasteiger partial charge on any atom is 0.225 e. The predicted octanol–water partition coefficient (Wildman–Crippen LogP) is 1.49. The van der Waals surface area contributed by atoms with Crippen LogP contribution in [0.15, 0.2) is 0 Å². The van der Waals surface area contributed by atoms with Crippen molar-refractivity contribution in [3.8, 4) is 0 Å². The van der Waals surface area contributed by atoms with Crippen molar-refractivity contribution < 1.29 is 4.79 Å². The number of hydrogen-bond acceptors (Lipinski definition) is 2. The molecule has 0 aliphatic carbocycles. The van der Waals surface area contributed by atoms with E-state index in [0.29, 0.717) is 5.91 Å². The predicted molar refractivity (Wildman–Crippen MR) is 62.7 cm³/mol. The van der Waals surface area contributed by atoms with E-state index < -0.39 is 0 Å². The second-order valence-electron chi connectivity index (χ2n) is 5.78. The Kier molecular flexibility index (Phi) is 4.14. The van der Waals surface area contributed by atoms with Gasteiger partial charge in [0.1, 0.15) is 0 Å². The lowest BCUT2D eigenvalue weighted by Crippen LogP contribution is -2.42. The van der Waals surface area contributed by atoms with E-state index in [2.05, 4.69) is 26.1 Å². The Balaban J connectivity index is 2.44. The van der Waals surface area contributed by atoms with Gasteiger partial charge in [0.15, 0.2) is 0 Å². The van der Waals surface area contributed by atoms with Crippen LogP contribution in [-0.2, 0) is 4.79 Å². The van der Waals surface area contributed by atoms with Crippen LogP contribution in [0.5, 0.6) is 0 Å². The standard InChI is InChI=1S/C12H24N2O/c1-12(2,3)9-14(4)11(15)10-5-7-13-8-6-10/h10,13H,5-9H2,1-4H3. The van der Waals surface area contributed by atoms with Gasteiger partial charge in [-0.15, -0.1) is 0 Å². The number of rotatable bonds is 2. The fourth-order valence-corrected chi connectivity index (χ4v) is 2.17. The third-order valence-corrected chi connectivity index (χ3v) is 2.78. The van der Waals surface area contributed by atoms with E-state index in [4.69, 9.17) is 0 Å². The molecule has 0 spiro atoms. The minimum atomic E-state index is 0.192. The fourth-order valence-electron chi connectivity index (χ4n) is 2.17. The van der Waals surface area contributed by atoms with Crippen LogP contribution in [0, 0.1) is 11.3 Å². The summed E-state index contributed by atoms with van der Waals surface area (Å²) < 4.78 is 0. The largest absolute Gasteiger partial charge is 0.345 e. The number of carbonyl (C=O) groups excluding carboxylic acids is 1. The first-order valence-electron chi connectivity index (χ1n) is 5.86. The van der Waals surface area contributed by atoms with Crippen molar-refractivity contribution in [3.63, 3.8) is 0 Å². The van der Waals surface area contributed by atoms with Gasteiger partial charge in [-0.05, 0) is 31.3 Å². The number of nitrogens with one attached hydrogen (secondary N) is 1. The molecule has 0 aromatic carbocycles. The third kappa shape index (κ3) is 4.20. The maximum absolute atomic E-state index is 12.1. The first-order valence-corrected chi connectivity index (χ1v) is 5.86. The molecule has 0 radical (unpaired) electrons. The van der Waals surface area contributed by atoms with E-state index in [0.717, 1.165) is 32.5 Å². The molecule has 0 aromatic heterocycles. The summed E-state index contributed by atoms with van der Waals surface area (Å²) >= 11 is 0. The summed E-state index contributed by atoms with van der Waals surface area (Å²) in [7, 11) is 1.93. The van der Waals surface area contributed by atoms with Gasteiger partial charge in [0, 0.05) is 19.5 Å². The minimum absolute atomic E-state index is 0.192. The van der Waals surface area contributed by atoms with Gasteiger partial charge in [0.05, 0.1) is 0 Å². The molecular weight excluding hydrogens is 188 g/mol. The molecule has 1 amide bonds. The van der Waals surface area contributed by atoms with Gasteiger partial charge in [-0.1, -0.05) is 20.8 Å². The highest BCUT2D eigenvalue weighted by atomic mass is 16.2. The smallest absolute Gasteiger partial charge is 0.225 e. The molecule has 1 aliphatic rings. The van der Waals surface area contributed by atoms with Gasteiger partial charge in [-0.3, -0.25) is 4.79 Å². The van der Waals surface area contributed by atoms with Gasteiger partial charge in [-0.2, -0.15) is 0 Å². The highest BCUT2D eigenvalue weighted by Gasteiger charge is 2.25. The minimum Gasteiger partial charge on any atom is -0.345 e. The van der Waals surface area contributed by atoms with Crippen LogP contribution < -0.4 is 5.32 Å². The molecule has 88 valence electrons. The first kappa shape index (κ1) is 12.5. The fraction of sp³-hybridized carbons (Fsp3) is 0.917. The molecule has 0 unspecified atom stereocenters. The second-order valence-corrected chi connectivity index (χ2v) is 5.78. The van der Waals surface area contributed by atoms with Crippen LogP contribution in [-0.4, -0.2) is 37.5 Å². The van der Waals surface area contributed by atoms with Crippen molar-refractivity contribution in [2.45, 2.75) is 33.6 Å². The van der Waals surface area contributed by atoms with Crippen molar-refractivity contribution >= 4 is 5.91 Å². The molecule has 1 rings (SSSR count). The summed E-state index contributed by atoms with van der Waals surface area (Å²) in [6.07, 6.45) is 1.99. The molecule has 15 heavy (non-hydrogen) atoms. The zero-order valence-electron chi connectivity index (χ0n) is 10.5. The Bertz CT molecular complexity index is 214. The Morgan fingerprint density at radius 3 is 2.33 bits per heavy atom. The number of nitrogens with zero attached hydrogens (tertiary/aromatic N) is 1.